The Morgan fingerprint density at radius 2 is 1.75 bits per heavy atom. The molecule has 1 saturated heterocycles. The van der Waals surface area contributed by atoms with Crippen molar-refractivity contribution in [3.63, 3.8) is 0 Å². The van der Waals surface area contributed by atoms with Crippen LogP contribution >= 0.6 is 23.5 Å². The molecule has 20 nitrogen and oxygen atoms in total. The molecule has 0 bridgehead atoms. The Balaban J connectivity index is 1.75. The van der Waals surface area contributed by atoms with Crippen molar-refractivity contribution in [1.82, 2.24) is 9.55 Å². The molecule has 3 unspecified atom stereocenters. The number of nitro benzene ring substituents is 1. The number of nitro groups is 1. The van der Waals surface area contributed by atoms with Crippen LogP contribution in [-0.2, 0) is 42.9 Å². The number of ether oxygens (including phenoxy) is 2. The number of aliphatic hydroxyl groups excluding tert-OH is 1. The summed E-state index contributed by atoms with van der Waals surface area (Å²) in [5, 5.41) is 22.0. The third-order valence-corrected chi connectivity index (χ3v) is 9.78. The molecule has 3 rings (SSSR count). The summed E-state index contributed by atoms with van der Waals surface area (Å²) in [5.74, 6) is 0. The molecule has 1 aromatic carbocycles. The molecule has 1 aromatic heterocycles. The normalized spacial score (nSPS) is 22.7. The molecular weight excluding hydrogens is 659 g/mol. The van der Waals surface area contributed by atoms with Crippen LogP contribution in [0.5, 0.6) is 0 Å². The van der Waals surface area contributed by atoms with Crippen LogP contribution in [0.3, 0.4) is 0 Å². The number of rotatable bonds is 13. The Bertz CT molecular complexity index is 1630. The Morgan fingerprint density at radius 1 is 1.11 bits per heavy atom. The lowest BCUT2D eigenvalue weighted by Gasteiger charge is -2.30. The van der Waals surface area contributed by atoms with Crippen molar-refractivity contribution in [2.24, 2.45) is 5.41 Å². The van der Waals surface area contributed by atoms with Crippen LogP contribution in [0.2, 0.25) is 0 Å². The number of phosphoric ester groups is 1. The third kappa shape index (κ3) is 9.79. The molecule has 1 aliphatic rings. The van der Waals surface area contributed by atoms with Gasteiger partial charge in [0.25, 0.3) is 11.2 Å². The molecule has 23 heteroatoms. The molecule has 0 aliphatic carbocycles. The highest BCUT2D eigenvalue weighted by atomic mass is 31.3. The van der Waals surface area contributed by atoms with Gasteiger partial charge in [-0.2, -0.15) is 8.62 Å². The second kappa shape index (κ2) is 13.5. The SMILES string of the molecule is CC(C)(C)C(OCc1cn([C@H]2C[C@@H](O)[C@@H](COP(=O)(O)OP(=O)(O)OP(=O)(O)O)O2)c(=O)[nH]c1=O)c1ccccc1[N+](=O)[O-]. The van der Waals surface area contributed by atoms with E-state index in [1.165, 1.54) is 18.2 Å². The zero-order chi connectivity index (χ0) is 33.3. The molecular formula is C21H30N3O17P3. The number of H-pyrrole nitrogens is 1. The first kappa shape index (κ1) is 36.1. The maximum atomic E-state index is 12.6. The monoisotopic (exact) mass is 689 g/mol. The number of benzene rings is 1. The van der Waals surface area contributed by atoms with Crippen LogP contribution in [0.4, 0.5) is 5.69 Å². The van der Waals surface area contributed by atoms with Crippen LogP contribution in [0.25, 0.3) is 0 Å². The molecule has 0 spiro atoms. The van der Waals surface area contributed by atoms with E-state index in [-0.39, 0.29) is 23.2 Å². The topological polar surface area (TPSA) is 297 Å². The van der Waals surface area contributed by atoms with Crippen molar-refractivity contribution in [3.8, 4) is 0 Å². The second-order valence-electron chi connectivity index (χ2n) is 10.5. The first-order valence-electron chi connectivity index (χ1n) is 12.4. The lowest BCUT2D eigenvalue weighted by atomic mass is 9.84. The van der Waals surface area contributed by atoms with E-state index in [9.17, 15) is 48.3 Å². The third-order valence-electron chi connectivity index (χ3n) is 5.98. The quantitative estimate of drug-likeness (QED) is 0.0991. The smallest absolute Gasteiger partial charge is 0.390 e. The molecule has 6 atom stereocenters. The number of nitrogens with one attached hydrogen (secondary N) is 1. The summed E-state index contributed by atoms with van der Waals surface area (Å²) in [6.45, 7) is 3.94. The van der Waals surface area contributed by atoms with Crippen molar-refractivity contribution in [1.29, 1.82) is 0 Å². The average molecular weight is 689 g/mol. The van der Waals surface area contributed by atoms with Crippen LogP contribution in [0.15, 0.2) is 40.1 Å². The Labute approximate surface area is 247 Å². The van der Waals surface area contributed by atoms with E-state index in [4.69, 9.17) is 19.3 Å². The van der Waals surface area contributed by atoms with Gasteiger partial charge in [0, 0.05) is 18.7 Å². The molecule has 1 aliphatic heterocycles. The van der Waals surface area contributed by atoms with E-state index < -0.39 is 82.8 Å². The van der Waals surface area contributed by atoms with E-state index in [0.717, 1.165) is 10.8 Å². The number of aromatic nitrogens is 2. The fourth-order valence-corrected chi connectivity index (χ4v) is 7.24. The fourth-order valence-electron chi connectivity index (χ4n) is 4.21. The van der Waals surface area contributed by atoms with E-state index in [0.29, 0.717) is 0 Å². The molecule has 2 heterocycles. The van der Waals surface area contributed by atoms with E-state index in [1.807, 2.05) is 0 Å². The summed E-state index contributed by atoms with van der Waals surface area (Å²) in [7, 11) is -16.9. The Morgan fingerprint density at radius 3 is 2.34 bits per heavy atom. The molecule has 246 valence electrons. The van der Waals surface area contributed by atoms with E-state index in [2.05, 4.69) is 18.1 Å². The van der Waals surface area contributed by atoms with Gasteiger partial charge in [-0.1, -0.05) is 32.9 Å². The van der Waals surface area contributed by atoms with Crippen LogP contribution in [0, 0.1) is 15.5 Å². The number of hydrogen-bond donors (Lipinski definition) is 6. The molecule has 0 radical (unpaired) electrons. The minimum Gasteiger partial charge on any atom is -0.390 e. The maximum Gasteiger partial charge on any atom is 0.490 e. The van der Waals surface area contributed by atoms with Crippen molar-refractivity contribution >= 4 is 29.2 Å². The summed E-state index contributed by atoms with van der Waals surface area (Å²) in [4.78, 5) is 74.3. The number of nitrogens with zero attached hydrogens (tertiary/aromatic N) is 2. The maximum absolute atomic E-state index is 12.6. The molecule has 44 heavy (non-hydrogen) atoms. The van der Waals surface area contributed by atoms with Gasteiger partial charge in [0.05, 0.1) is 41.5 Å². The van der Waals surface area contributed by atoms with Crippen LogP contribution in [0.1, 0.15) is 50.7 Å². The Hall–Kier alpha value is -2.41. The highest BCUT2D eigenvalue weighted by molar-refractivity contribution is 7.66. The lowest BCUT2D eigenvalue weighted by molar-refractivity contribution is -0.386. The molecule has 6 N–H and O–H groups in total. The molecule has 0 amide bonds. The van der Waals surface area contributed by atoms with Gasteiger partial charge in [-0.15, -0.1) is 0 Å². The van der Waals surface area contributed by atoms with Gasteiger partial charge < -0.3 is 34.2 Å². The highest BCUT2D eigenvalue weighted by Crippen LogP contribution is 2.66. The standard InChI is InChI=1S/C21H30N3O17P3/c1-21(2,3)18(13-6-4-5-7-14(13)24(28)29)37-10-12-9-23(20(27)22-19(12)26)17-8-15(25)16(39-17)11-38-43(33,34)41-44(35,36)40-42(30,31)32/h4-7,9,15-18,25H,8,10-11H2,1-3H3,(H,33,34)(H,35,36)(H,22,26,27)(H2,30,31,32)/t15-,16-,17-,18?/m1/s1. The predicted molar refractivity (Wildman–Crippen MR) is 146 cm³/mol. The van der Waals surface area contributed by atoms with Gasteiger partial charge in [0.15, 0.2) is 0 Å². The fraction of sp³-hybridized carbons (Fsp3) is 0.524. The van der Waals surface area contributed by atoms with Crippen molar-refractivity contribution < 1.29 is 65.9 Å². The minimum absolute atomic E-state index is 0.0905. The summed E-state index contributed by atoms with van der Waals surface area (Å²) in [6, 6.07) is 5.93. The lowest BCUT2D eigenvalue weighted by Crippen LogP contribution is -2.35. The van der Waals surface area contributed by atoms with Crippen LogP contribution < -0.4 is 11.2 Å². The van der Waals surface area contributed by atoms with Gasteiger partial charge >= 0.3 is 29.2 Å². The van der Waals surface area contributed by atoms with Gasteiger partial charge in [-0.05, 0) is 11.5 Å². The molecule has 1 fully saturated rings. The van der Waals surface area contributed by atoms with Crippen molar-refractivity contribution in [3.05, 3.63) is 72.5 Å². The summed E-state index contributed by atoms with van der Waals surface area (Å²) in [6.07, 6.45) is -4.24. The van der Waals surface area contributed by atoms with Crippen molar-refractivity contribution in [2.45, 2.75) is 58.3 Å². The number of hydrogen-bond acceptors (Lipinski definition) is 13. The van der Waals surface area contributed by atoms with Gasteiger partial charge in [0.1, 0.15) is 12.3 Å². The number of para-hydroxylation sites is 1. The first-order chi connectivity index (χ1) is 20.1. The first-order valence-corrected chi connectivity index (χ1v) is 16.9. The zero-order valence-corrected chi connectivity index (χ0v) is 25.9. The summed E-state index contributed by atoms with van der Waals surface area (Å²) >= 11 is 0. The predicted octanol–water partition coefficient (Wildman–Crippen LogP) is 1.74. The van der Waals surface area contributed by atoms with E-state index in [1.54, 1.807) is 26.8 Å². The number of aliphatic hydroxyl groups is 1. The minimum atomic E-state index is -5.77. The average Bonchev–Trinajstić information content (AvgIpc) is 3.21. The van der Waals surface area contributed by atoms with Gasteiger partial charge in [-0.3, -0.25) is 29.0 Å². The largest absolute Gasteiger partial charge is 0.490 e. The molecule has 2 aromatic rings. The summed E-state index contributed by atoms with van der Waals surface area (Å²) in [5.41, 5.74) is -2.49. The van der Waals surface area contributed by atoms with Gasteiger partial charge in [0.2, 0.25) is 0 Å². The zero-order valence-electron chi connectivity index (χ0n) is 23.2. The van der Waals surface area contributed by atoms with Crippen LogP contribution in [-0.4, -0.2) is 58.0 Å². The molecule has 0 saturated carbocycles. The van der Waals surface area contributed by atoms with Gasteiger partial charge in [-0.25, -0.2) is 18.5 Å². The van der Waals surface area contributed by atoms with E-state index >= 15 is 0 Å². The second-order valence-corrected chi connectivity index (χ2v) is 14.9. The Kier molecular flexibility index (Phi) is 11.1. The van der Waals surface area contributed by atoms with Crippen molar-refractivity contribution in [2.75, 3.05) is 6.61 Å². The number of aromatic amines is 1. The summed E-state index contributed by atoms with van der Waals surface area (Å²) < 4.78 is 58.3. The highest BCUT2D eigenvalue weighted by Gasteiger charge is 2.43. The number of phosphoric acid groups is 3.